The van der Waals surface area contributed by atoms with Gasteiger partial charge in [-0.15, -0.1) is 0 Å². The number of hydrogen-bond donors (Lipinski definition) is 1. The molecule has 0 bridgehead atoms. The van der Waals surface area contributed by atoms with Crippen molar-refractivity contribution < 1.29 is 23.7 Å². The summed E-state index contributed by atoms with van der Waals surface area (Å²) in [6.07, 6.45) is 5.30. The molecule has 5 saturated heterocycles. The lowest BCUT2D eigenvalue weighted by atomic mass is 10.4. The van der Waals surface area contributed by atoms with Gasteiger partial charge in [0.05, 0.1) is 26.4 Å². The molecule has 0 radical (unpaired) electrons. The first-order chi connectivity index (χ1) is 22.0. The van der Waals surface area contributed by atoms with Crippen LogP contribution in [-0.4, -0.2) is 84.2 Å². The van der Waals surface area contributed by atoms with Crippen molar-refractivity contribution >= 4 is 11.8 Å². The van der Waals surface area contributed by atoms with Crippen LogP contribution in [0.3, 0.4) is 0 Å². The highest BCUT2D eigenvalue weighted by molar-refractivity contribution is 8.00. The number of nitrogens with one attached hydrogen (secondary N) is 1. The smallest absolute Gasteiger partial charge is 0.146 e. The van der Waals surface area contributed by atoms with Gasteiger partial charge in [0.2, 0.25) is 0 Å². The fourth-order valence-electron chi connectivity index (χ4n) is 1.61. The van der Waals surface area contributed by atoms with E-state index in [1.54, 1.807) is 0 Å². The Bertz CT molecular complexity index is 183. The molecule has 284 valence electrons. The van der Waals surface area contributed by atoms with Crippen molar-refractivity contribution in [1.82, 2.24) is 5.32 Å². The minimum atomic E-state index is 0.500. The number of thioether (sulfide) groups is 1. The first-order valence-corrected chi connectivity index (χ1v) is 20.3. The molecule has 0 aromatic carbocycles. The van der Waals surface area contributed by atoms with Crippen molar-refractivity contribution in [2.75, 3.05) is 84.2 Å². The van der Waals surface area contributed by atoms with Crippen LogP contribution in [0.25, 0.3) is 0 Å². The molecule has 44 heavy (non-hydrogen) atoms. The van der Waals surface area contributed by atoms with E-state index in [-0.39, 0.29) is 0 Å². The summed E-state index contributed by atoms with van der Waals surface area (Å²) < 4.78 is 24.1. The molecule has 5 heterocycles. The van der Waals surface area contributed by atoms with Gasteiger partial charge in [0.25, 0.3) is 0 Å². The van der Waals surface area contributed by atoms with Gasteiger partial charge in [0.1, 0.15) is 6.79 Å². The molecular weight excluding hydrogens is 570 g/mol. The minimum Gasteiger partial charge on any atom is -0.381 e. The summed E-state index contributed by atoms with van der Waals surface area (Å²) in [5.41, 5.74) is 0. The van der Waals surface area contributed by atoms with E-state index in [2.05, 4.69) is 5.32 Å². The summed E-state index contributed by atoms with van der Waals surface area (Å²) in [6.45, 7) is 49.9. The summed E-state index contributed by atoms with van der Waals surface area (Å²) in [5.74, 6) is 2.83. The molecule has 0 spiro atoms. The third-order valence-electron chi connectivity index (χ3n) is 3.37. The molecular formula is C37H95NO5S. The Kier molecular flexibility index (Phi) is 211. The zero-order valence-corrected chi connectivity index (χ0v) is 35.8. The van der Waals surface area contributed by atoms with Crippen molar-refractivity contribution in [2.45, 2.75) is 164 Å². The maximum Gasteiger partial charge on any atom is 0.146 e. The molecule has 0 aliphatic carbocycles. The monoisotopic (exact) mass is 666 g/mol. The zero-order chi connectivity index (χ0) is 37.0. The highest BCUT2D eigenvalue weighted by Crippen LogP contribution is 2.14. The summed E-state index contributed by atoms with van der Waals surface area (Å²) in [5, 5.41) is 3.16. The largest absolute Gasteiger partial charge is 0.381 e. The molecule has 5 aliphatic rings. The van der Waals surface area contributed by atoms with E-state index < -0.39 is 0 Å². The Labute approximate surface area is 288 Å². The van der Waals surface area contributed by atoms with Crippen LogP contribution in [0.1, 0.15) is 164 Å². The Morgan fingerprint density at radius 1 is 0.318 bits per heavy atom. The average molecular weight is 666 g/mol. The lowest BCUT2D eigenvalue weighted by Gasteiger charge is -2.10. The van der Waals surface area contributed by atoms with Gasteiger partial charge in [0.15, 0.2) is 0 Å². The molecule has 0 unspecified atom stereocenters. The van der Waals surface area contributed by atoms with E-state index in [1.165, 1.54) is 37.2 Å². The Balaban J connectivity index is -0.0000000362. The third-order valence-corrected chi connectivity index (χ3v) is 4.52. The van der Waals surface area contributed by atoms with Crippen LogP contribution in [0.5, 0.6) is 0 Å². The molecule has 0 aromatic heterocycles. The molecule has 0 saturated carbocycles. The predicted octanol–water partition coefficient (Wildman–Crippen LogP) is 12.2. The molecule has 6 nitrogen and oxygen atoms in total. The van der Waals surface area contributed by atoms with E-state index >= 15 is 0 Å². The standard InChI is InChI=1S/C4H9NO.C4H8O.C3H6O2.C3H6O.C3H6S.10C2H6/c1-3-6-4-2-5-1;1-2-4-5-3-1;1-2-5-3-4-1;2*1-2-4-3-1;10*1-2/h5H,1-4H2;1-4H2;1-3H2;2*1-3H2;10*1-2H3. The molecule has 5 aliphatic heterocycles. The van der Waals surface area contributed by atoms with Gasteiger partial charge in [0, 0.05) is 39.5 Å². The summed E-state index contributed by atoms with van der Waals surface area (Å²) in [6, 6.07) is 0. The van der Waals surface area contributed by atoms with Gasteiger partial charge in [-0.05, 0) is 37.2 Å². The van der Waals surface area contributed by atoms with Gasteiger partial charge in [-0.3, -0.25) is 0 Å². The maximum absolute atomic E-state index is 5.01. The normalized spacial score (nSPS) is 14.5. The van der Waals surface area contributed by atoms with Gasteiger partial charge in [-0.25, -0.2) is 0 Å². The number of morpholine rings is 1. The second kappa shape index (κ2) is 132. The average Bonchev–Trinajstić information content (AvgIpc) is 3.91. The van der Waals surface area contributed by atoms with Crippen molar-refractivity contribution in [3.05, 3.63) is 0 Å². The second-order valence-corrected chi connectivity index (χ2v) is 6.77. The van der Waals surface area contributed by atoms with Crippen LogP contribution >= 0.6 is 11.8 Å². The van der Waals surface area contributed by atoms with Crippen molar-refractivity contribution in [3.63, 3.8) is 0 Å². The quantitative estimate of drug-likeness (QED) is 0.276. The predicted molar refractivity (Wildman–Crippen MR) is 211 cm³/mol. The third kappa shape index (κ3) is 122. The number of rotatable bonds is 0. The molecule has 0 amide bonds. The lowest BCUT2D eigenvalue weighted by Crippen LogP contribution is -2.30. The molecule has 5 fully saturated rings. The maximum atomic E-state index is 5.01. The fraction of sp³-hybridized carbons (Fsp3) is 1.00. The van der Waals surface area contributed by atoms with Gasteiger partial charge in [-0.1, -0.05) is 138 Å². The van der Waals surface area contributed by atoms with Crippen LogP contribution in [0, 0.1) is 0 Å². The van der Waals surface area contributed by atoms with Crippen LogP contribution in [0.4, 0.5) is 0 Å². The van der Waals surface area contributed by atoms with Crippen LogP contribution in [-0.2, 0) is 23.7 Å². The zero-order valence-electron chi connectivity index (χ0n) is 35.0. The number of ether oxygens (including phenoxy) is 5. The summed E-state index contributed by atoms with van der Waals surface area (Å²) >= 11 is 2.04. The van der Waals surface area contributed by atoms with Crippen LogP contribution < -0.4 is 5.32 Å². The topological polar surface area (TPSA) is 58.2 Å². The van der Waals surface area contributed by atoms with E-state index in [0.717, 1.165) is 65.9 Å². The van der Waals surface area contributed by atoms with Gasteiger partial charge in [-0.2, -0.15) is 11.8 Å². The molecule has 7 heteroatoms. The fourth-order valence-corrected chi connectivity index (χ4v) is 1.90. The first-order valence-electron chi connectivity index (χ1n) is 19.2. The minimum absolute atomic E-state index is 0.500. The van der Waals surface area contributed by atoms with Crippen molar-refractivity contribution in [2.24, 2.45) is 0 Å². The van der Waals surface area contributed by atoms with E-state index in [9.17, 15) is 0 Å². The van der Waals surface area contributed by atoms with Gasteiger partial charge >= 0.3 is 0 Å². The van der Waals surface area contributed by atoms with Crippen LogP contribution in [0.15, 0.2) is 0 Å². The summed E-state index contributed by atoms with van der Waals surface area (Å²) in [4.78, 5) is 0. The molecule has 0 atom stereocenters. The highest BCUT2D eigenvalue weighted by atomic mass is 32.2. The SMILES string of the molecule is C1CCOC1.C1COC1.C1COCCN1.C1COCO1.C1CSC1.CC.CC.CC.CC.CC.CC.CC.CC.CC.CC. The van der Waals surface area contributed by atoms with E-state index in [1.807, 2.05) is 150 Å². The van der Waals surface area contributed by atoms with Crippen molar-refractivity contribution in [1.29, 1.82) is 0 Å². The first kappa shape index (κ1) is 70.5. The number of hydrogen-bond acceptors (Lipinski definition) is 7. The highest BCUT2D eigenvalue weighted by Gasteiger charge is 1.96. The molecule has 5 rings (SSSR count). The van der Waals surface area contributed by atoms with E-state index in [4.69, 9.17) is 23.7 Å². The molecule has 0 aromatic rings. The van der Waals surface area contributed by atoms with Crippen LogP contribution in [0.2, 0.25) is 0 Å². The van der Waals surface area contributed by atoms with E-state index in [0.29, 0.717) is 6.79 Å². The molecule has 1 N–H and O–H groups in total. The Morgan fingerprint density at radius 2 is 0.568 bits per heavy atom. The Hall–Kier alpha value is 0.110. The van der Waals surface area contributed by atoms with Crippen molar-refractivity contribution in [3.8, 4) is 0 Å². The summed E-state index contributed by atoms with van der Waals surface area (Å²) in [7, 11) is 0. The van der Waals surface area contributed by atoms with Gasteiger partial charge < -0.3 is 29.0 Å². The second-order valence-electron chi connectivity index (χ2n) is 5.55. The lowest BCUT2D eigenvalue weighted by molar-refractivity contribution is 0.0367. The Morgan fingerprint density at radius 3 is 0.636 bits per heavy atom.